The fourth-order valence-corrected chi connectivity index (χ4v) is 3.55. The number of halogens is 2. The molecule has 0 aliphatic rings. The molecule has 2 rings (SSSR count). The summed E-state index contributed by atoms with van der Waals surface area (Å²) in [6.45, 7) is 3.10. The Kier molecular flexibility index (Phi) is 8.42. The maximum atomic E-state index is 12.4. The number of rotatable bonds is 9. The number of carbonyl (C=O) groups excluding carboxylic acids is 1. The predicted molar refractivity (Wildman–Crippen MR) is 113 cm³/mol. The van der Waals surface area contributed by atoms with Crippen molar-refractivity contribution in [3.63, 3.8) is 0 Å². The topological polar surface area (TPSA) is 52.0 Å². The van der Waals surface area contributed by atoms with Crippen molar-refractivity contribution in [2.24, 2.45) is 0 Å². The molecule has 5 nitrogen and oxygen atoms in total. The fraction of sp³-hybridized carbons (Fsp3) is 0.381. The van der Waals surface area contributed by atoms with E-state index in [2.05, 4.69) is 5.32 Å². The van der Waals surface area contributed by atoms with E-state index in [0.29, 0.717) is 28.1 Å². The Bertz CT molecular complexity index is 814. The van der Waals surface area contributed by atoms with Crippen molar-refractivity contribution >= 4 is 29.1 Å². The van der Waals surface area contributed by atoms with Crippen LogP contribution in [0, 0.1) is 0 Å². The van der Waals surface area contributed by atoms with Crippen molar-refractivity contribution < 1.29 is 19.2 Å². The van der Waals surface area contributed by atoms with Gasteiger partial charge in [0.15, 0.2) is 18.0 Å². The van der Waals surface area contributed by atoms with Crippen LogP contribution >= 0.6 is 23.2 Å². The largest absolute Gasteiger partial charge is 0.493 e. The molecule has 1 unspecified atom stereocenters. The maximum absolute atomic E-state index is 12.4. The molecule has 0 saturated heterocycles. The van der Waals surface area contributed by atoms with Crippen molar-refractivity contribution in [3.8, 4) is 11.5 Å². The van der Waals surface area contributed by atoms with Gasteiger partial charge in [-0.25, -0.2) is 0 Å². The normalized spacial score (nSPS) is 12.9. The highest BCUT2D eigenvalue weighted by atomic mass is 35.5. The van der Waals surface area contributed by atoms with Gasteiger partial charge in [0.05, 0.1) is 33.9 Å². The van der Waals surface area contributed by atoms with Gasteiger partial charge in [0, 0.05) is 16.5 Å². The van der Waals surface area contributed by atoms with Crippen LogP contribution in [0.4, 0.5) is 0 Å². The highest BCUT2D eigenvalue weighted by Crippen LogP contribution is 2.27. The molecule has 2 atom stereocenters. The summed E-state index contributed by atoms with van der Waals surface area (Å²) in [5.74, 6) is 1.40. The number of likely N-dealkylation sites (N-methyl/N-ethyl adjacent to an activating group) is 1. The summed E-state index contributed by atoms with van der Waals surface area (Å²) in [7, 11) is 5.24. The smallest absolute Gasteiger partial charge is 0.275 e. The summed E-state index contributed by atoms with van der Waals surface area (Å²) in [6, 6.07) is 11.0. The number of benzene rings is 2. The van der Waals surface area contributed by atoms with Gasteiger partial charge in [0.1, 0.15) is 0 Å². The third-order valence-corrected chi connectivity index (χ3v) is 5.12. The summed E-state index contributed by atoms with van der Waals surface area (Å²) in [5.41, 5.74) is 1.99. The van der Waals surface area contributed by atoms with Crippen molar-refractivity contribution in [1.29, 1.82) is 0 Å². The average molecular weight is 426 g/mol. The summed E-state index contributed by atoms with van der Waals surface area (Å²) in [4.78, 5) is 13.5. The predicted octanol–water partition coefficient (Wildman–Crippen LogP) is 2.95. The van der Waals surface area contributed by atoms with Crippen LogP contribution in [0.15, 0.2) is 36.4 Å². The van der Waals surface area contributed by atoms with E-state index in [4.69, 9.17) is 32.7 Å². The van der Waals surface area contributed by atoms with Crippen LogP contribution in [0.1, 0.15) is 24.1 Å². The van der Waals surface area contributed by atoms with Gasteiger partial charge in [-0.1, -0.05) is 35.3 Å². The standard InChI is InChI=1S/C21H26Cl2N2O3/c1-14(17-7-6-16(22)12-18(17)23)24-21(26)13-25(2)10-9-15-5-8-19(27-3)20(11-15)28-4/h5-8,11-12,14H,9-10,13H2,1-4H3,(H,24,26)/p+1/t14-/m0/s1. The molecular formula is C21H27Cl2N2O3+. The summed E-state index contributed by atoms with van der Waals surface area (Å²) in [5, 5.41) is 4.12. The van der Waals surface area contributed by atoms with Crippen LogP contribution in [-0.2, 0) is 11.2 Å². The Hall–Kier alpha value is -1.95. The molecule has 2 N–H and O–H groups in total. The number of hydrogen-bond donors (Lipinski definition) is 2. The second kappa shape index (κ2) is 10.6. The van der Waals surface area contributed by atoms with Gasteiger partial charge >= 0.3 is 0 Å². The molecule has 0 aliphatic heterocycles. The molecule has 0 heterocycles. The van der Waals surface area contributed by atoms with E-state index in [1.807, 2.05) is 38.2 Å². The van der Waals surface area contributed by atoms with E-state index in [-0.39, 0.29) is 11.9 Å². The quantitative estimate of drug-likeness (QED) is 0.649. The molecule has 0 radical (unpaired) electrons. The van der Waals surface area contributed by atoms with Gasteiger partial charge in [0.25, 0.3) is 5.91 Å². The average Bonchev–Trinajstić information content (AvgIpc) is 2.65. The second-order valence-corrected chi connectivity index (χ2v) is 7.62. The minimum Gasteiger partial charge on any atom is -0.493 e. The van der Waals surface area contributed by atoms with Crippen molar-refractivity contribution in [2.45, 2.75) is 19.4 Å². The number of nitrogens with one attached hydrogen (secondary N) is 2. The molecule has 0 aliphatic carbocycles. The van der Waals surface area contributed by atoms with E-state index in [1.54, 1.807) is 26.4 Å². The van der Waals surface area contributed by atoms with E-state index in [0.717, 1.165) is 29.0 Å². The molecular weight excluding hydrogens is 399 g/mol. The first-order valence-corrected chi connectivity index (χ1v) is 9.86. The third-order valence-electron chi connectivity index (χ3n) is 4.56. The fourth-order valence-electron chi connectivity index (χ4n) is 2.98. The van der Waals surface area contributed by atoms with Gasteiger partial charge in [0.2, 0.25) is 0 Å². The number of carbonyl (C=O) groups is 1. The van der Waals surface area contributed by atoms with Crippen molar-refractivity contribution in [3.05, 3.63) is 57.6 Å². The summed E-state index contributed by atoms with van der Waals surface area (Å²) in [6.07, 6.45) is 0.831. The van der Waals surface area contributed by atoms with E-state index in [9.17, 15) is 4.79 Å². The third kappa shape index (κ3) is 6.30. The summed E-state index contributed by atoms with van der Waals surface area (Å²) >= 11 is 12.1. The molecule has 28 heavy (non-hydrogen) atoms. The zero-order valence-corrected chi connectivity index (χ0v) is 18.2. The number of methoxy groups -OCH3 is 2. The lowest BCUT2D eigenvalue weighted by molar-refractivity contribution is -0.871. The molecule has 0 fully saturated rings. The number of amides is 1. The van der Waals surface area contributed by atoms with Crippen molar-refractivity contribution in [1.82, 2.24) is 5.32 Å². The van der Waals surface area contributed by atoms with Crippen LogP contribution in [0.2, 0.25) is 10.0 Å². The Labute approximate surface area is 176 Å². The molecule has 7 heteroatoms. The Balaban J connectivity index is 1.85. The van der Waals surface area contributed by atoms with Gasteiger partial charge in [-0.3, -0.25) is 4.79 Å². The van der Waals surface area contributed by atoms with Crippen LogP contribution in [-0.4, -0.2) is 40.3 Å². The molecule has 2 aromatic carbocycles. The lowest BCUT2D eigenvalue weighted by atomic mass is 10.1. The first kappa shape index (κ1) is 22.3. The lowest BCUT2D eigenvalue weighted by Crippen LogP contribution is -3.10. The zero-order chi connectivity index (χ0) is 20.7. The Morgan fingerprint density at radius 3 is 2.46 bits per heavy atom. The first-order valence-electron chi connectivity index (χ1n) is 9.10. The minimum absolute atomic E-state index is 0.0247. The second-order valence-electron chi connectivity index (χ2n) is 6.78. The van der Waals surface area contributed by atoms with Crippen LogP contribution in [0.5, 0.6) is 11.5 Å². The lowest BCUT2D eigenvalue weighted by Gasteiger charge is -2.18. The van der Waals surface area contributed by atoms with E-state index >= 15 is 0 Å². The Morgan fingerprint density at radius 2 is 1.82 bits per heavy atom. The van der Waals surface area contributed by atoms with Crippen LogP contribution < -0.4 is 19.7 Å². The van der Waals surface area contributed by atoms with E-state index in [1.165, 1.54) is 0 Å². The SMILES string of the molecule is COc1ccc(CC[NH+](C)CC(=O)N[C@@H](C)c2ccc(Cl)cc2Cl)cc1OC. The van der Waals surface area contributed by atoms with Crippen LogP contribution in [0.3, 0.4) is 0 Å². The number of hydrogen-bond acceptors (Lipinski definition) is 3. The maximum Gasteiger partial charge on any atom is 0.275 e. The number of ether oxygens (including phenoxy) is 2. The van der Waals surface area contributed by atoms with Crippen LogP contribution in [0.25, 0.3) is 0 Å². The number of quaternary nitrogens is 1. The molecule has 0 bridgehead atoms. The van der Waals surface area contributed by atoms with Gasteiger partial charge in [-0.05, 0) is 42.3 Å². The minimum atomic E-state index is -0.184. The molecule has 0 saturated carbocycles. The molecule has 1 amide bonds. The van der Waals surface area contributed by atoms with E-state index < -0.39 is 0 Å². The highest BCUT2D eigenvalue weighted by Gasteiger charge is 2.16. The van der Waals surface area contributed by atoms with Crippen molar-refractivity contribution in [2.75, 3.05) is 34.4 Å². The summed E-state index contributed by atoms with van der Waals surface area (Å²) < 4.78 is 10.6. The highest BCUT2D eigenvalue weighted by molar-refractivity contribution is 6.35. The van der Waals surface area contributed by atoms with Gasteiger partial charge in [-0.2, -0.15) is 0 Å². The van der Waals surface area contributed by atoms with Gasteiger partial charge < -0.3 is 19.7 Å². The molecule has 0 spiro atoms. The molecule has 2 aromatic rings. The monoisotopic (exact) mass is 425 g/mol. The molecule has 152 valence electrons. The Morgan fingerprint density at radius 1 is 1.11 bits per heavy atom. The first-order chi connectivity index (χ1) is 13.3. The zero-order valence-electron chi connectivity index (χ0n) is 16.6. The van der Waals surface area contributed by atoms with Gasteiger partial charge in [-0.15, -0.1) is 0 Å². The molecule has 0 aromatic heterocycles.